The van der Waals surface area contributed by atoms with E-state index in [-0.39, 0.29) is 5.91 Å². The van der Waals surface area contributed by atoms with E-state index in [0.717, 1.165) is 42.9 Å². The summed E-state index contributed by atoms with van der Waals surface area (Å²) in [7, 11) is 1.96. The zero-order valence-electron chi connectivity index (χ0n) is 13.1. The van der Waals surface area contributed by atoms with Gasteiger partial charge >= 0.3 is 0 Å². The second-order valence-electron chi connectivity index (χ2n) is 5.97. The second kappa shape index (κ2) is 6.32. The van der Waals surface area contributed by atoms with Gasteiger partial charge in [0.05, 0.1) is 11.9 Å². The van der Waals surface area contributed by atoms with Crippen molar-refractivity contribution >= 4 is 5.91 Å². The first kappa shape index (κ1) is 14.8. The number of nitrogens with one attached hydrogen (secondary N) is 1. The Hall–Kier alpha value is -2.14. The first-order chi connectivity index (χ1) is 10.7. The lowest BCUT2D eigenvalue weighted by atomic mass is 10.1. The minimum absolute atomic E-state index is 0.127. The average Bonchev–Trinajstić information content (AvgIpc) is 3.16. The number of hydrogen-bond donors (Lipinski definition) is 1. The van der Waals surface area contributed by atoms with Crippen molar-refractivity contribution in [3.8, 4) is 5.69 Å². The lowest BCUT2D eigenvalue weighted by Crippen LogP contribution is -2.30. The van der Waals surface area contributed by atoms with Crippen LogP contribution >= 0.6 is 0 Å². The first-order valence-electron chi connectivity index (χ1n) is 7.73. The normalized spacial score (nSPS) is 17.9. The van der Waals surface area contributed by atoms with E-state index in [9.17, 15) is 4.79 Å². The number of benzene rings is 1. The minimum Gasteiger partial charge on any atom is -0.338 e. The molecule has 22 heavy (non-hydrogen) atoms. The van der Waals surface area contributed by atoms with Crippen LogP contribution in [0.3, 0.4) is 0 Å². The topological polar surface area (TPSA) is 50.2 Å². The summed E-state index contributed by atoms with van der Waals surface area (Å²) in [5.41, 5.74) is 2.84. The molecule has 1 aromatic heterocycles. The van der Waals surface area contributed by atoms with Gasteiger partial charge in [-0.25, -0.2) is 4.68 Å². The van der Waals surface area contributed by atoms with Crippen LogP contribution in [0.4, 0.5) is 0 Å². The van der Waals surface area contributed by atoms with Crippen LogP contribution in [0.5, 0.6) is 0 Å². The highest BCUT2D eigenvalue weighted by atomic mass is 16.2. The maximum absolute atomic E-state index is 12.5. The highest BCUT2D eigenvalue weighted by Crippen LogP contribution is 2.19. The third-order valence-electron chi connectivity index (χ3n) is 4.16. The van der Waals surface area contributed by atoms with Gasteiger partial charge in [0.15, 0.2) is 0 Å². The van der Waals surface area contributed by atoms with Gasteiger partial charge in [-0.05, 0) is 62.7 Å². The van der Waals surface area contributed by atoms with Gasteiger partial charge in [0.2, 0.25) is 0 Å². The third-order valence-corrected chi connectivity index (χ3v) is 4.16. The lowest BCUT2D eigenvalue weighted by Gasteiger charge is -2.16. The Bertz CT molecular complexity index is 647. The summed E-state index contributed by atoms with van der Waals surface area (Å²) in [5.74, 6) is 0.696. The monoisotopic (exact) mass is 298 g/mol. The lowest BCUT2D eigenvalue weighted by molar-refractivity contribution is 0.0787. The van der Waals surface area contributed by atoms with E-state index in [1.165, 1.54) is 0 Å². The molecule has 1 amide bonds. The van der Waals surface area contributed by atoms with Crippen LogP contribution in [0.2, 0.25) is 0 Å². The van der Waals surface area contributed by atoms with E-state index in [4.69, 9.17) is 0 Å². The average molecular weight is 298 g/mol. The second-order valence-corrected chi connectivity index (χ2v) is 5.97. The molecule has 2 aromatic rings. The van der Waals surface area contributed by atoms with E-state index in [1.54, 1.807) is 0 Å². The van der Waals surface area contributed by atoms with Crippen LogP contribution in [0.25, 0.3) is 5.69 Å². The number of carbonyl (C=O) groups excluding carboxylic acids is 1. The largest absolute Gasteiger partial charge is 0.338 e. The van der Waals surface area contributed by atoms with Crippen molar-refractivity contribution in [3.63, 3.8) is 0 Å². The SMILES string of the molecule is CNCC1CCN(C(=O)c2ccc(-n3cc(C)cn3)cc2)C1. The van der Waals surface area contributed by atoms with Crippen molar-refractivity contribution in [1.29, 1.82) is 0 Å². The summed E-state index contributed by atoms with van der Waals surface area (Å²) in [6.07, 6.45) is 4.88. The number of carbonyl (C=O) groups is 1. The molecule has 1 unspecified atom stereocenters. The summed E-state index contributed by atoms with van der Waals surface area (Å²) in [5, 5.41) is 7.47. The fraction of sp³-hybridized carbons (Fsp3) is 0.412. The molecular weight excluding hydrogens is 276 g/mol. The fourth-order valence-corrected chi connectivity index (χ4v) is 2.97. The van der Waals surface area contributed by atoms with Crippen molar-refractivity contribution < 1.29 is 4.79 Å². The summed E-state index contributed by atoms with van der Waals surface area (Å²) in [4.78, 5) is 14.5. The van der Waals surface area contributed by atoms with Crippen molar-refractivity contribution in [1.82, 2.24) is 20.0 Å². The highest BCUT2D eigenvalue weighted by molar-refractivity contribution is 5.94. The Kier molecular flexibility index (Phi) is 4.24. The number of amides is 1. The molecule has 0 saturated carbocycles. The Morgan fingerprint density at radius 1 is 1.36 bits per heavy atom. The van der Waals surface area contributed by atoms with Gasteiger partial charge in [0, 0.05) is 24.8 Å². The van der Waals surface area contributed by atoms with Gasteiger partial charge in [0.25, 0.3) is 5.91 Å². The minimum atomic E-state index is 0.127. The highest BCUT2D eigenvalue weighted by Gasteiger charge is 2.26. The predicted octanol–water partition coefficient (Wildman–Crippen LogP) is 1.86. The van der Waals surface area contributed by atoms with Crippen LogP contribution in [0.1, 0.15) is 22.3 Å². The van der Waals surface area contributed by atoms with Crippen LogP contribution in [-0.2, 0) is 0 Å². The maximum atomic E-state index is 12.5. The van der Waals surface area contributed by atoms with Gasteiger partial charge in [-0.2, -0.15) is 5.10 Å². The van der Waals surface area contributed by atoms with Gasteiger partial charge in [0.1, 0.15) is 0 Å². The molecule has 1 saturated heterocycles. The molecule has 1 fully saturated rings. The molecule has 3 rings (SSSR count). The number of rotatable bonds is 4. The molecular formula is C17H22N4O. The molecule has 0 bridgehead atoms. The molecule has 0 aliphatic carbocycles. The Balaban J connectivity index is 1.69. The van der Waals surface area contributed by atoms with Crippen LogP contribution in [-0.4, -0.2) is 47.3 Å². The molecule has 2 heterocycles. The van der Waals surface area contributed by atoms with Crippen molar-refractivity contribution in [2.45, 2.75) is 13.3 Å². The van der Waals surface area contributed by atoms with E-state index >= 15 is 0 Å². The van der Waals surface area contributed by atoms with Gasteiger partial charge in [-0.3, -0.25) is 4.79 Å². The maximum Gasteiger partial charge on any atom is 0.253 e. The summed E-state index contributed by atoms with van der Waals surface area (Å²) in [6.45, 7) is 4.68. The van der Waals surface area contributed by atoms with Gasteiger partial charge < -0.3 is 10.2 Å². The van der Waals surface area contributed by atoms with Crippen LogP contribution in [0, 0.1) is 12.8 Å². The van der Waals surface area contributed by atoms with Crippen LogP contribution in [0.15, 0.2) is 36.7 Å². The molecule has 1 aliphatic heterocycles. The number of aryl methyl sites for hydroxylation is 1. The van der Waals surface area contributed by atoms with Crippen LogP contribution < -0.4 is 5.32 Å². The first-order valence-corrected chi connectivity index (χ1v) is 7.73. The van der Waals surface area contributed by atoms with E-state index < -0.39 is 0 Å². The summed E-state index contributed by atoms with van der Waals surface area (Å²) < 4.78 is 1.82. The van der Waals surface area contributed by atoms with Crippen molar-refractivity contribution in [2.75, 3.05) is 26.7 Å². The zero-order valence-corrected chi connectivity index (χ0v) is 13.1. The third kappa shape index (κ3) is 3.04. The van der Waals surface area contributed by atoms with Gasteiger partial charge in [-0.15, -0.1) is 0 Å². The van der Waals surface area contributed by atoms with Gasteiger partial charge in [-0.1, -0.05) is 0 Å². The fourth-order valence-electron chi connectivity index (χ4n) is 2.97. The van der Waals surface area contributed by atoms with E-state index in [1.807, 2.05) is 60.2 Å². The molecule has 1 N–H and O–H groups in total. The molecule has 116 valence electrons. The molecule has 1 atom stereocenters. The molecule has 0 radical (unpaired) electrons. The number of hydrogen-bond acceptors (Lipinski definition) is 3. The molecule has 1 aliphatic rings. The van der Waals surface area contributed by atoms with E-state index in [2.05, 4.69) is 10.4 Å². The standard InChI is InChI=1S/C17H22N4O/c1-13-9-19-21(11-13)16-5-3-15(4-6-16)17(22)20-8-7-14(12-20)10-18-2/h3-6,9,11,14,18H,7-8,10,12H2,1-2H3. The molecule has 5 nitrogen and oxygen atoms in total. The molecule has 5 heteroatoms. The van der Waals surface area contributed by atoms with Crippen molar-refractivity contribution in [3.05, 3.63) is 47.8 Å². The smallest absolute Gasteiger partial charge is 0.253 e. The number of nitrogens with zero attached hydrogens (tertiary/aromatic N) is 3. The molecule has 1 aromatic carbocycles. The Morgan fingerprint density at radius 3 is 2.77 bits per heavy atom. The van der Waals surface area contributed by atoms with E-state index in [0.29, 0.717) is 5.92 Å². The number of aromatic nitrogens is 2. The summed E-state index contributed by atoms with van der Waals surface area (Å²) in [6, 6.07) is 7.67. The predicted molar refractivity (Wildman–Crippen MR) is 86.2 cm³/mol. The quantitative estimate of drug-likeness (QED) is 0.937. The number of likely N-dealkylation sites (tertiary alicyclic amines) is 1. The molecule has 0 spiro atoms. The summed E-state index contributed by atoms with van der Waals surface area (Å²) >= 11 is 0. The van der Waals surface area contributed by atoms with Crippen molar-refractivity contribution in [2.24, 2.45) is 5.92 Å². The Labute approximate surface area is 130 Å². The zero-order chi connectivity index (χ0) is 15.5. The Morgan fingerprint density at radius 2 is 2.14 bits per heavy atom.